The average Bonchev–Trinajstić information content (AvgIpc) is 3.44. The lowest BCUT2D eigenvalue weighted by Gasteiger charge is -2.13. The van der Waals surface area contributed by atoms with Gasteiger partial charge in [-0.25, -0.2) is 8.78 Å². The van der Waals surface area contributed by atoms with Gasteiger partial charge in [-0.3, -0.25) is 14.4 Å². The molecule has 0 saturated heterocycles. The van der Waals surface area contributed by atoms with Gasteiger partial charge in [-0.2, -0.15) is 0 Å². The van der Waals surface area contributed by atoms with E-state index in [4.69, 9.17) is 69.6 Å². The number of hydrogen-bond donors (Lipinski definition) is 3. The van der Waals surface area contributed by atoms with Crippen LogP contribution in [0.2, 0.25) is 20.1 Å². The molecule has 2 atom stereocenters. The second kappa shape index (κ2) is 11.3. The molecular weight excluding hydrogens is 641 g/mol. The molecule has 6 nitrogen and oxygen atoms in total. The van der Waals surface area contributed by atoms with Gasteiger partial charge in [0, 0.05) is 18.5 Å². The summed E-state index contributed by atoms with van der Waals surface area (Å²) in [5.41, 5.74) is -0.707. The van der Waals surface area contributed by atoms with Gasteiger partial charge in [0.2, 0.25) is 11.8 Å². The highest BCUT2D eigenvalue weighted by atomic mass is 35.5. The predicted octanol–water partition coefficient (Wildman–Crippen LogP) is 8.32. The fraction of sp³-hybridized carbons (Fsp3) is 0.160. The Bertz CT molecular complexity index is 1510. The molecule has 3 N–H and O–H groups in total. The van der Waals surface area contributed by atoms with Crippen molar-refractivity contribution in [3.63, 3.8) is 0 Å². The van der Waals surface area contributed by atoms with Crippen LogP contribution in [0.25, 0.3) is 0 Å². The maximum Gasteiger partial charge on any atom is 0.257 e. The summed E-state index contributed by atoms with van der Waals surface area (Å²) in [5, 5.41) is 7.32. The Morgan fingerprint density at radius 3 is 2.10 bits per heavy atom. The van der Waals surface area contributed by atoms with Crippen molar-refractivity contribution in [2.24, 2.45) is 5.92 Å². The molecule has 1 aliphatic rings. The van der Waals surface area contributed by atoms with Gasteiger partial charge in [-0.1, -0.05) is 46.4 Å². The third-order valence-corrected chi connectivity index (χ3v) is 8.29. The van der Waals surface area contributed by atoms with Gasteiger partial charge in [0.25, 0.3) is 5.91 Å². The van der Waals surface area contributed by atoms with E-state index in [0.29, 0.717) is 5.56 Å². The summed E-state index contributed by atoms with van der Waals surface area (Å²) in [6.45, 7) is 1.14. The summed E-state index contributed by atoms with van der Waals surface area (Å²) in [5.74, 6) is -6.01. The summed E-state index contributed by atoms with van der Waals surface area (Å²) in [7, 11) is 0. The van der Waals surface area contributed by atoms with Gasteiger partial charge in [0.15, 0.2) is 5.82 Å². The number of amides is 3. The van der Waals surface area contributed by atoms with E-state index in [1.165, 1.54) is 30.3 Å². The second-order valence-corrected chi connectivity index (χ2v) is 11.6. The van der Waals surface area contributed by atoms with Crippen LogP contribution in [0.3, 0.4) is 0 Å². The first-order chi connectivity index (χ1) is 18.2. The molecule has 0 aromatic heterocycles. The van der Waals surface area contributed by atoms with Crippen molar-refractivity contribution in [1.29, 1.82) is 0 Å². The number of alkyl halides is 2. The van der Waals surface area contributed by atoms with Gasteiger partial charge >= 0.3 is 0 Å². The van der Waals surface area contributed by atoms with Crippen molar-refractivity contribution < 1.29 is 23.2 Å². The molecule has 3 aromatic carbocycles. The average molecular weight is 656 g/mol. The molecule has 1 unspecified atom stereocenters. The van der Waals surface area contributed by atoms with Crippen molar-refractivity contribution >= 4 is 104 Å². The smallest absolute Gasteiger partial charge is 0.257 e. The number of carbonyl (C=O) groups excluding carboxylic acids is 3. The molecule has 0 heterocycles. The van der Waals surface area contributed by atoms with E-state index in [9.17, 15) is 23.2 Å². The first-order valence-corrected chi connectivity index (χ1v) is 13.2. The van der Waals surface area contributed by atoms with Gasteiger partial charge in [0.1, 0.15) is 15.8 Å². The summed E-state index contributed by atoms with van der Waals surface area (Å²) < 4.78 is 27.6. The topological polar surface area (TPSA) is 87.3 Å². The summed E-state index contributed by atoms with van der Waals surface area (Å²) in [6.07, 6.45) is 0. The lowest BCUT2D eigenvalue weighted by Crippen LogP contribution is -2.19. The third-order valence-electron chi connectivity index (χ3n) is 5.82. The van der Waals surface area contributed by atoms with E-state index in [1.807, 2.05) is 0 Å². The molecule has 0 spiro atoms. The fourth-order valence-electron chi connectivity index (χ4n) is 3.95. The molecule has 14 heteroatoms. The molecule has 1 aliphatic carbocycles. The molecule has 204 valence electrons. The highest BCUT2D eigenvalue weighted by Gasteiger charge is 2.67. The molecular formula is C25H15Cl6F2N3O3. The zero-order valence-electron chi connectivity index (χ0n) is 19.4. The molecule has 0 bridgehead atoms. The van der Waals surface area contributed by atoms with Crippen molar-refractivity contribution in [3.8, 4) is 0 Å². The lowest BCUT2D eigenvalue weighted by atomic mass is 10.1. The van der Waals surface area contributed by atoms with Crippen LogP contribution in [0.4, 0.5) is 25.8 Å². The molecule has 1 fully saturated rings. The normalized spacial score (nSPS) is 17.4. The van der Waals surface area contributed by atoms with E-state index in [0.717, 1.165) is 19.1 Å². The molecule has 3 aromatic rings. The molecule has 0 radical (unpaired) electrons. The van der Waals surface area contributed by atoms with Crippen LogP contribution >= 0.6 is 69.6 Å². The summed E-state index contributed by atoms with van der Waals surface area (Å²) >= 11 is 37.1. The van der Waals surface area contributed by atoms with Crippen LogP contribution in [-0.2, 0) is 9.59 Å². The van der Waals surface area contributed by atoms with Crippen molar-refractivity contribution in [1.82, 2.24) is 0 Å². The Balaban J connectivity index is 1.54. The van der Waals surface area contributed by atoms with Crippen molar-refractivity contribution in [3.05, 3.63) is 85.3 Å². The molecule has 0 aliphatic heterocycles. The monoisotopic (exact) mass is 653 g/mol. The Hall–Kier alpha value is -2.33. The summed E-state index contributed by atoms with van der Waals surface area (Å²) in [4.78, 5) is 37.2. The number of nitrogens with one attached hydrogen (secondary N) is 3. The van der Waals surface area contributed by atoms with Crippen LogP contribution in [0.5, 0.6) is 0 Å². The van der Waals surface area contributed by atoms with Crippen LogP contribution in [0.1, 0.15) is 28.8 Å². The highest BCUT2D eigenvalue weighted by molar-refractivity contribution is 6.54. The van der Waals surface area contributed by atoms with Gasteiger partial charge in [0.05, 0.1) is 37.3 Å². The lowest BCUT2D eigenvalue weighted by molar-refractivity contribution is -0.117. The van der Waals surface area contributed by atoms with Gasteiger partial charge < -0.3 is 16.0 Å². The van der Waals surface area contributed by atoms with Crippen LogP contribution in [0, 0.1) is 17.6 Å². The number of benzene rings is 3. The Kier molecular flexibility index (Phi) is 8.57. The maximum absolute atomic E-state index is 14.7. The van der Waals surface area contributed by atoms with Crippen LogP contribution in [-0.4, -0.2) is 22.1 Å². The quantitative estimate of drug-likeness (QED) is 0.184. The molecule has 3 amide bonds. The number of hydrogen-bond acceptors (Lipinski definition) is 3. The van der Waals surface area contributed by atoms with Crippen LogP contribution < -0.4 is 16.0 Å². The van der Waals surface area contributed by atoms with Crippen molar-refractivity contribution in [2.45, 2.75) is 17.2 Å². The van der Waals surface area contributed by atoms with Crippen LogP contribution in [0.15, 0.2) is 42.5 Å². The zero-order chi connectivity index (χ0) is 28.8. The Morgan fingerprint density at radius 2 is 1.49 bits per heavy atom. The molecule has 4 rings (SSSR count). The minimum Gasteiger partial charge on any atom is -0.326 e. The first kappa shape index (κ1) is 29.6. The number of anilines is 3. The van der Waals surface area contributed by atoms with E-state index in [1.54, 1.807) is 0 Å². The SMILES string of the molecule is CC(=O)Nc1ccc(F)c(NC(=O)c2cc(NC(=O)[C@H]3C(c4cc(Cl)c(Cl)c(Cl)c4)C3(Cl)Cl)ccc2Cl)c1F. The highest BCUT2D eigenvalue weighted by Crippen LogP contribution is 2.65. The van der Waals surface area contributed by atoms with E-state index in [2.05, 4.69) is 16.0 Å². The Labute approximate surface area is 250 Å². The van der Waals surface area contributed by atoms with E-state index < -0.39 is 51.2 Å². The second-order valence-electron chi connectivity index (χ2n) is 8.53. The minimum atomic E-state index is -1.48. The maximum atomic E-state index is 14.7. The largest absolute Gasteiger partial charge is 0.326 e. The molecule has 1 saturated carbocycles. The zero-order valence-corrected chi connectivity index (χ0v) is 24.0. The predicted molar refractivity (Wildman–Crippen MR) is 151 cm³/mol. The number of rotatable bonds is 6. The third kappa shape index (κ3) is 6.06. The standard InChI is InChI=1S/C25H15Cl6F2N3O3/c1-9(37)34-17-5-4-16(32)22(21(17)33)36-23(38)12-8-11(2-3-13(12)26)35-24(39)19-18(25(19,30)31)10-6-14(27)20(29)15(28)7-10/h2-8,18-19H,1H3,(H,34,37)(H,35,39)(H,36,38)/t18?,19-/m1/s1. The van der Waals surface area contributed by atoms with E-state index >= 15 is 0 Å². The number of carbonyl (C=O) groups is 3. The minimum absolute atomic E-state index is 0.0666. The summed E-state index contributed by atoms with van der Waals surface area (Å²) in [6, 6.07) is 8.84. The first-order valence-electron chi connectivity index (χ1n) is 10.9. The van der Waals surface area contributed by atoms with E-state index in [-0.39, 0.29) is 37.0 Å². The van der Waals surface area contributed by atoms with Gasteiger partial charge in [-0.15, -0.1) is 23.2 Å². The Morgan fingerprint density at radius 1 is 0.846 bits per heavy atom. The van der Waals surface area contributed by atoms with Crippen molar-refractivity contribution in [2.75, 3.05) is 16.0 Å². The number of halogens is 8. The van der Waals surface area contributed by atoms with Gasteiger partial charge in [-0.05, 0) is 48.0 Å². The molecule has 39 heavy (non-hydrogen) atoms. The fourth-order valence-corrected chi connectivity index (χ4v) is 5.60.